The van der Waals surface area contributed by atoms with E-state index in [0.29, 0.717) is 17.9 Å². The van der Waals surface area contributed by atoms with Gasteiger partial charge in [-0.15, -0.1) is 0 Å². The highest BCUT2D eigenvalue weighted by atomic mass is 16.5. The standard InChI is InChI=1S/C17H32N2O2/c1-7-8-9-12-16(20)19(15(18-12)11(2)3)13-10-14(21-6)17(13,4)5/h11-15,18H,7-10H2,1-6H3. The van der Waals surface area contributed by atoms with Crippen LogP contribution in [0, 0.1) is 11.3 Å². The fraction of sp³-hybridized carbons (Fsp3) is 0.941. The van der Waals surface area contributed by atoms with Crippen molar-refractivity contribution in [1.29, 1.82) is 0 Å². The van der Waals surface area contributed by atoms with E-state index in [0.717, 1.165) is 25.7 Å². The summed E-state index contributed by atoms with van der Waals surface area (Å²) in [5, 5.41) is 3.58. The average molecular weight is 296 g/mol. The first-order chi connectivity index (χ1) is 9.84. The number of nitrogens with zero attached hydrogens (tertiary/aromatic N) is 1. The molecular weight excluding hydrogens is 264 g/mol. The van der Waals surface area contributed by atoms with E-state index in [1.807, 2.05) is 0 Å². The molecule has 2 fully saturated rings. The molecule has 1 aliphatic heterocycles. The zero-order valence-electron chi connectivity index (χ0n) is 14.5. The molecule has 2 aliphatic rings. The lowest BCUT2D eigenvalue weighted by atomic mass is 9.63. The Bertz CT molecular complexity index is 381. The van der Waals surface area contributed by atoms with Crippen molar-refractivity contribution in [2.75, 3.05) is 7.11 Å². The Morgan fingerprint density at radius 3 is 2.57 bits per heavy atom. The number of unbranched alkanes of at least 4 members (excludes halogenated alkanes) is 1. The van der Waals surface area contributed by atoms with Crippen LogP contribution in [-0.2, 0) is 9.53 Å². The minimum absolute atomic E-state index is 0.00902. The third kappa shape index (κ3) is 2.85. The lowest BCUT2D eigenvalue weighted by molar-refractivity contribution is -0.164. The van der Waals surface area contributed by atoms with Crippen molar-refractivity contribution in [2.45, 2.75) is 84.7 Å². The van der Waals surface area contributed by atoms with Gasteiger partial charge in [0.2, 0.25) is 5.91 Å². The van der Waals surface area contributed by atoms with E-state index < -0.39 is 0 Å². The summed E-state index contributed by atoms with van der Waals surface area (Å²) in [4.78, 5) is 15.0. The number of rotatable bonds is 6. The van der Waals surface area contributed by atoms with Gasteiger partial charge in [0.1, 0.15) is 0 Å². The number of hydrogen-bond acceptors (Lipinski definition) is 3. The molecule has 1 saturated heterocycles. The summed E-state index contributed by atoms with van der Waals surface area (Å²) in [7, 11) is 1.77. The van der Waals surface area contributed by atoms with Crippen molar-refractivity contribution in [3.63, 3.8) is 0 Å². The summed E-state index contributed by atoms with van der Waals surface area (Å²) in [5.41, 5.74) is 0.0406. The molecule has 4 nitrogen and oxygen atoms in total. The first kappa shape index (κ1) is 16.8. The second-order valence-electron chi connectivity index (χ2n) is 7.59. The van der Waals surface area contributed by atoms with Crippen LogP contribution in [0.15, 0.2) is 0 Å². The quantitative estimate of drug-likeness (QED) is 0.819. The Hall–Kier alpha value is -0.610. The summed E-state index contributed by atoms with van der Waals surface area (Å²) in [5.74, 6) is 0.729. The average Bonchev–Trinajstić information content (AvgIpc) is 2.73. The Balaban J connectivity index is 2.14. The molecule has 1 amide bonds. The molecule has 21 heavy (non-hydrogen) atoms. The van der Waals surface area contributed by atoms with Crippen LogP contribution in [0.2, 0.25) is 0 Å². The molecule has 2 rings (SSSR count). The van der Waals surface area contributed by atoms with E-state index in [1.54, 1.807) is 7.11 Å². The number of hydrogen-bond donors (Lipinski definition) is 1. The van der Waals surface area contributed by atoms with E-state index in [9.17, 15) is 4.79 Å². The molecule has 1 N–H and O–H groups in total. The number of amides is 1. The van der Waals surface area contributed by atoms with Gasteiger partial charge in [0.05, 0.1) is 18.3 Å². The van der Waals surface area contributed by atoms with Crippen LogP contribution in [-0.4, -0.2) is 42.3 Å². The summed E-state index contributed by atoms with van der Waals surface area (Å²) in [6.45, 7) is 11.0. The summed E-state index contributed by atoms with van der Waals surface area (Å²) < 4.78 is 5.56. The molecule has 0 aromatic carbocycles. The van der Waals surface area contributed by atoms with Gasteiger partial charge < -0.3 is 9.64 Å². The lowest BCUT2D eigenvalue weighted by Gasteiger charge is -2.56. The van der Waals surface area contributed by atoms with Crippen LogP contribution in [0.25, 0.3) is 0 Å². The smallest absolute Gasteiger partial charge is 0.241 e. The van der Waals surface area contributed by atoms with Crippen LogP contribution in [0.1, 0.15) is 60.3 Å². The molecule has 4 unspecified atom stereocenters. The van der Waals surface area contributed by atoms with Crippen LogP contribution < -0.4 is 5.32 Å². The molecule has 0 bridgehead atoms. The van der Waals surface area contributed by atoms with Gasteiger partial charge >= 0.3 is 0 Å². The third-order valence-corrected chi connectivity index (χ3v) is 5.45. The van der Waals surface area contributed by atoms with Crippen molar-refractivity contribution in [1.82, 2.24) is 10.2 Å². The third-order valence-electron chi connectivity index (χ3n) is 5.45. The van der Waals surface area contributed by atoms with Gasteiger partial charge in [-0.25, -0.2) is 0 Å². The molecular formula is C17H32N2O2. The number of carbonyl (C=O) groups is 1. The molecule has 122 valence electrons. The highest BCUT2D eigenvalue weighted by Crippen LogP contribution is 2.47. The fourth-order valence-electron chi connectivity index (χ4n) is 3.89. The van der Waals surface area contributed by atoms with Crippen molar-refractivity contribution in [3.8, 4) is 0 Å². The highest BCUT2D eigenvalue weighted by molar-refractivity contribution is 5.85. The largest absolute Gasteiger partial charge is 0.381 e. The van der Waals surface area contributed by atoms with Crippen LogP contribution in [0.3, 0.4) is 0 Å². The molecule has 4 atom stereocenters. The van der Waals surface area contributed by atoms with Gasteiger partial charge in [0.15, 0.2) is 0 Å². The van der Waals surface area contributed by atoms with E-state index in [1.165, 1.54) is 0 Å². The molecule has 0 aromatic heterocycles. The maximum atomic E-state index is 12.9. The minimum atomic E-state index is 0.00902. The van der Waals surface area contributed by atoms with Gasteiger partial charge in [0, 0.05) is 18.6 Å². The van der Waals surface area contributed by atoms with Gasteiger partial charge in [-0.3, -0.25) is 10.1 Å². The van der Waals surface area contributed by atoms with Crippen LogP contribution in [0.4, 0.5) is 0 Å². The van der Waals surface area contributed by atoms with Crippen molar-refractivity contribution < 1.29 is 9.53 Å². The normalized spacial score (nSPS) is 35.4. The van der Waals surface area contributed by atoms with Crippen LogP contribution >= 0.6 is 0 Å². The minimum Gasteiger partial charge on any atom is -0.381 e. The maximum absolute atomic E-state index is 12.9. The van der Waals surface area contributed by atoms with Gasteiger partial charge in [-0.05, 0) is 18.8 Å². The topological polar surface area (TPSA) is 41.6 Å². The Morgan fingerprint density at radius 2 is 2.10 bits per heavy atom. The van der Waals surface area contributed by atoms with E-state index in [2.05, 4.69) is 44.8 Å². The summed E-state index contributed by atoms with van der Waals surface area (Å²) in [6, 6.07) is 0.302. The Kier molecular flexibility index (Phi) is 4.99. The molecule has 1 saturated carbocycles. The fourth-order valence-corrected chi connectivity index (χ4v) is 3.89. The predicted molar refractivity (Wildman–Crippen MR) is 84.9 cm³/mol. The second-order valence-corrected chi connectivity index (χ2v) is 7.59. The highest BCUT2D eigenvalue weighted by Gasteiger charge is 2.56. The number of nitrogens with one attached hydrogen (secondary N) is 1. The van der Waals surface area contributed by atoms with E-state index >= 15 is 0 Å². The van der Waals surface area contributed by atoms with Crippen molar-refractivity contribution in [3.05, 3.63) is 0 Å². The zero-order chi connectivity index (χ0) is 15.8. The molecule has 0 radical (unpaired) electrons. The summed E-state index contributed by atoms with van der Waals surface area (Å²) >= 11 is 0. The predicted octanol–water partition coefficient (Wildman–Crippen LogP) is 2.77. The summed E-state index contributed by atoms with van der Waals surface area (Å²) in [6.07, 6.45) is 4.59. The first-order valence-electron chi connectivity index (χ1n) is 8.45. The Labute approximate surface area is 129 Å². The Morgan fingerprint density at radius 1 is 1.43 bits per heavy atom. The van der Waals surface area contributed by atoms with Gasteiger partial charge in [0.25, 0.3) is 0 Å². The molecule has 0 aromatic rings. The number of ether oxygens (including phenoxy) is 1. The number of carbonyl (C=O) groups excluding carboxylic acids is 1. The molecule has 0 spiro atoms. The van der Waals surface area contributed by atoms with Crippen molar-refractivity contribution in [2.24, 2.45) is 11.3 Å². The second kappa shape index (κ2) is 6.25. The van der Waals surface area contributed by atoms with E-state index in [-0.39, 0.29) is 23.7 Å². The van der Waals surface area contributed by atoms with Crippen molar-refractivity contribution >= 4 is 5.91 Å². The lowest BCUT2D eigenvalue weighted by Crippen LogP contribution is -2.65. The van der Waals surface area contributed by atoms with E-state index in [4.69, 9.17) is 4.74 Å². The van der Waals surface area contributed by atoms with Gasteiger partial charge in [-0.2, -0.15) is 0 Å². The van der Waals surface area contributed by atoms with Crippen LogP contribution in [0.5, 0.6) is 0 Å². The number of methoxy groups -OCH3 is 1. The molecule has 1 heterocycles. The first-order valence-corrected chi connectivity index (χ1v) is 8.45. The monoisotopic (exact) mass is 296 g/mol. The SMILES string of the molecule is CCCCC1NC(C(C)C)N(C2CC(OC)C2(C)C)C1=O. The molecule has 4 heteroatoms. The van der Waals surface area contributed by atoms with Gasteiger partial charge in [-0.1, -0.05) is 47.5 Å². The maximum Gasteiger partial charge on any atom is 0.241 e. The molecule has 1 aliphatic carbocycles. The zero-order valence-corrected chi connectivity index (χ0v) is 14.5.